The highest BCUT2D eigenvalue weighted by molar-refractivity contribution is 8.24. The van der Waals surface area contributed by atoms with Crippen molar-refractivity contribution in [3.8, 4) is 5.75 Å². The third-order valence-corrected chi connectivity index (χ3v) is 6.43. The van der Waals surface area contributed by atoms with Crippen molar-refractivity contribution in [1.82, 2.24) is 5.43 Å². The van der Waals surface area contributed by atoms with Crippen LogP contribution in [0.2, 0.25) is 5.02 Å². The van der Waals surface area contributed by atoms with Gasteiger partial charge in [0.05, 0.1) is 17.2 Å². The Morgan fingerprint density at radius 3 is 2.61 bits per heavy atom. The van der Waals surface area contributed by atoms with Gasteiger partial charge in [0.1, 0.15) is 5.75 Å². The Kier molecular flexibility index (Phi) is 6.14. The average molecular weight is 424 g/mol. The summed E-state index contributed by atoms with van der Waals surface area (Å²) < 4.78 is 19.5. The Balaban J connectivity index is 1.70. The summed E-state index contributed by atoms with van der Waals surface area (Å²) in [5.74, 6) is 0.300. The van der Waals surface area contributed by atoms with E-state index in [-0.39, 0.29) is 11.7 Å². The van der Waals surface area contributed by atoms with Gasteiger partial charge in [0, 0.05) is 34.9 Å². The molecule has 0 saturated carbocycles. The fourth-order valence-electron chi connectivity index (χ4n) is 2.89. The zero-order chi connectivity index (χ0) is 20.3. The van der Waals surface area contributed by atoms with Crippen molar-refractivity contribution in [3.05, 3.63) is 58.6 Å². The number of carbonyl (C=O) groups excluding carboxylic acids is 1. The van der Waals surface area contributed by atoms with Crippen LogP contribution in [0.4, 0.5) is 5.69 Å². The van der Waals surface area contributed by atoms with Crippen LogP contribution in [0.5, 0.6) is 5.75 Å². The molecule has 2 aromatic carbocycles. The van der Waals surface area contributed by atoms with E-state index < -0.39 is 10.6 Å². The monoisotopic (exact) mass is 423 g/mol. The van der Waals surface area contributed by atoms with E-state index in [4.69, 9.17) is 11.6 Å². The van der Waals surface area contributed by atoms with Gasteiger partial charge in [-0.05, 0) is 43.3 Å². The number of aromatic hydroxyl groups is 1. The summed E-state index contributed by atoms with van der Waals surface area (Å²) in [4.78, 5) is 14.5. The van der Waals surface area contributed by atoms with Crippen molar-refractivity contribution >= 4 is 39.5 Å². The Morgan fingerprint density at radius 2 is 1.89 bits per heavy atom. The maximum atomic E-state index is 12.5. The first-order valence-electron chi connectivity index (χ1n) is 8.67. The standard InChI is InChI=1S/C19H22ClN3O4S/c1-13(17-12-15(20)5-6-18(17)24)21-22-19(25)14-3-2-4-16(11-14)23-7-9-28(26,27)10-8-23/h2-6,11-12,24,26-27H,7-10H2,1H3,(H,22,25). The predicted octanol–water partition coefficient (Wildman–Crippen LogP) is 3.77. The second-order valence-corrected chi connectivity index (χ2v) is 9.40. The van der Waals surface area contributed by atoms with Crippen LogP contribution < -0.4 is 10.3 Å². The third-order valence-electron chi connectivity index (χ3n) is 4.52. The SMILES string of the molecule is CC(=NNC(=O)c1cccc(N2CCS(O)(O)CC2)c1)c1cc(Cl)ccc1O. The minimum absolute atomic E-state index is 0.0259. The van der Waals surface area contributed by atoms with Gasteiger partial charge in [0.25, 0.3) is 5.91 Å². The first-order chi connectivity index (χ1) is 13.2. The fourth-order valence-corrected chi connectivity index (χ4v) is 4.29. The summed E-state index contributed by atoms with van der Waals surface area (Å²) in [7, 11) is -2.47. The lowest BCUT2D eigenvalue weighted by molar-refractivity contribution is 0.0955. The van der Waals surface area contributed by atoms with Crippen LogP contribution in [0.25, 0.3) is 0 Å². The van der Waals surface area contributed by atoms with Gasteiger partial charge in [0.15, 0.2) is 0 Å². The Morgan fingerprint density at radius 1 is 1.18 bits per heavy atom. The molecule has 3 rings (SSSR count). The Labute approximate surface area is 170 Å². The normalized spacial score (nSPS) is 17.9. The molecule has 1 saturated heterocycles. The van der Waals surface area contributed by atoms with Crippen LogP contribution >= 0.6 is 22.2 Å². The number of anilines is 1. The van der Waals surface area contributed by atoms with Crippen LogP contribution in [0.1, 0.15) is 22.8 Å². The van der Waals surface area contributed by atoms with Gasteiger partial charge in [-0.3, -0.25) is 13.9 Å². The van der Waals surface area contributed by atoms with Crippen LogP contribution in [0.15, 0.2) is 47.6 Å². The highest BCUT2D eigenvalue weighted by Crippen LogP contribution is 2.41. The van der Waals surface area contributed by atoms with Gasteiger partial charge >= 0.3 is 0 Å². The van der Waals surface area contributed by atoms with Crippen LogP contribution in [0.3, 0.4) is 0 Å². The number of phenolic OH excluding ortho intramolecular Hbond substituents is 1. The molecule has 0 aliphatic carbocycles. The maximum absolute atomic E-state index is 12.5. The van der Waals surface area contributed by atoms with E-state index in [1.54, 1.807) is 37.3 Å². The zero-order valence-electron chi connectivity index (χ0n) is 15.3. The summed E-state index contributed by atoms with van der Waals surface area (Å²) in [6.45, 7) is 2.71. The number of halogens is 1. The molecule has 4 N–H and O–H groups in total. The number of hydrogen-bond donors (Lipinski definition) is 4. The largest absolute Gasteiger partial charge is 0.507 e. The van der Waals surface area contributed by atoms with E-state index in [2.05, 4.69) is 10.5 Å². The molecular weight excluding hydrogens is 402 g/mol. The number of rotatable bonds is 4. The van der Waals surface area contributed by atoms with E-state index in [0.29, 0.717) is 46.5 Å². The molecule has 9 heteroatoms. The number of nitrogens with one attached hydrogen (secondary N) is 1. The molecule has 7 nitrogen and oxygen atoms in total. The molecule has 1 aliphatic rings. The second-order valence-electron chi connectivity index (χ2n) is 6.55. The molecular formula is C19H22ClN3O4S. The molecule has 28 heavy (non-hydrogen) atoms. The van der Waals surface area contributed by atoms with Gasteiger partial charge in [-0.1, -0.05) is 17.7 Å². The number of hydrazone groups is 1. The lowest BCUT2D eigenvalue weighted by Crippen LogP contribution is -2.38. The molecule has 1 heterocycles. The van der Waals surface area contributed by atoms with E-state index in [1.807, 2.05) is 11.0 Å². The van der Waals surface area contributed by atoms with E-state index in [0.717, 1.165) is 5.69 Å². The molecule has 0 radical (unpaired) electrons. The van der Waals surface area contributed by atoms with Crippen molar-refractivity contribution in [3.63, 3.8) is 0 Å². The molecule has 1 amide bonds. The minimum Gasteiger partial charge on any atom is -0.507 e. The summed E-state index contributed by atoms with van der Waals surface area (Å²) in [6.07, 6.45) is 0. The topological polar surface area (TPSA) is 105 Å². The Bertz CT molecular complexity index is 910. The molecule has 0 bridgehead atoms. The summed E-state index contributed by atoms with van der Waals surface area (Å²) in [6, 6.07) is 11.7. The number of hydrogen-bond acceptors (Lipinski definition) is 6. The molecule has 1 aliphatic heterocycles. The first-order valence-corrected chi connectivity index (χ1v) is 10.9. The molecule has 2 aromatic rings. The first kappa shape index (κ1) is 20.5. The van der Waals surface area contributed by atoms with Crippen LogP contribution in [-0.4, -0.2) is 50.4 Å². The van der Waals surface area contributed by atoms with E-state index in [1.165, 1.54) is 6.07 Å². The fraction of sp³-hybridized carbons (Fsp3) is 0.263. The predicted molar refractivity (Wildman–Crippen MR) is 114 cm³/mol. The lowest BCUT2D eigenvalue weighted by atomic mass is 10.1. The van der Waals surface area contributed by atoms with Gasteiger partial charge in [-0.25, -0.2) is 5.43 Å². The third kappa shape index (κ3) is 4.96. The van der Waals surface area contributed by atoms with Crippen molar-refractivity contribution in [2.24, 2.45) is 5.10 Å². The van der Waals surface area contributed by atoms with Crippen LogP contribution in [-0.2, 0) is 0 Å². The van der Waals surface area contributed by atoms with Crippen molar-refractivity contribution in [1.29, 1.82) is 0 Å². The van der Waals surface area contributed by atoms with Gasteiger partial charge in [0.2, 0.25) is 0 Å². The summed E-state index contributed by atoms with van der Waals surface area (Å²) >= 11 is 5.94. The van der Waals surface area contributed by atoms with Gasteiger partial charge in [-0.2, -0.15) is 15.7 Å². The molecule has 0 unspecified atom stereocenters. The average Bonchev–Trinajstić information content (AvgIpc) is 2.67. The number of carbonyl (C=O) groups is 1. The maximum Gasteiger partial charge on any atom is 0.271 e. The molecule has 0 aromatic heterocycles. The second kappa shape index (κ2) is 8.40. The smallest absolute Gasteiger partial charge is 0.271 e. The quantitative estimate of drug-likeness (QED) is 0.442. The number of amides is 1. The number of phenols is 1. The molecule has 150 valence electrons. The highest BCUT2D eigenvalue weighted by atomic mass is 35.5. The summed E-state index contributed by atoms with van der Waals surface area (Å²) in [5, 5.41) is 14.4. The number of benzene rings is 2. The Hall–Kier alpha value is -2.26. The molecule has 0 atom stereocenters. The van der Waals surface area contributed by atoms with Crippen LogP contribution in [0, 0.1) is 0 Å². The van der Waals surface area contributed by atoms with Crippen molar-refractivity contribution in [2.45, 2.75) is 6.92 Å². The highest BCUT2D eigenvalue weighted by Gasteiger charge is 2.22. The number of nitrogens with zero attached hydrogens (tertiary/aromatic N) is 2. The van der Waals surface area contributed by atoms with E-state index in [9.17, 15) is 19.0 Å². The summed E-state index contributed by atoms with van der Waals surface area (Å²) in [5.41, 5.74) is 4.62. The minimum atomic E-state index is -2.47. The zero-order valence-corrected chi connectivity index (χ0v) is 16.9. The van der Waals surface area contributed by atoms with Gasteiger partial charge in [-0.15, -0.1) is 0 Å². The lowest BCUT2D eigenvalue weighted by Gasteiger charge is -2.41. The van der Waals surface area contributed by atoms with Gasteiger partial charge < -0.3 is 10.0 Å². The van der Waals surface area contributed by atoms with E-state index >= 15 is 0 Å². The molecule has 0 spiro atoms. The van der Waals surface area contributed by atoms with Crippen molar-refractivity contribution < 1.29 is 19.0 Å². The van der Waals surface area contributed by atoms with Crippen molar-refractivity contribution in [2.75, 3.05) is 29.5 Å². The molecule has 1 fully saturated rings.